The average Bonchev–Trinajstić information content (AvgIpc) is 3.17. The first-order valence-electron chi connectivity index (χ1n) is 9.91. The van der Waals surface area contributed by atoms with Gasteiger partial charge in [-0.1, -0.05) is 36.8 Å². The number of hydrogen-bond donors (Lipinski definition) is 2. The maximum absolute atomic E-state index is 13.2. The zero-order valence-electron chi connectivity index (χ0n) is 16.2. The van der Waals surface area contributed by atoms with Crippen molar-refractivity contribution in [3.63, 3.8) is 0 Å². The number of amides is 1. The van der Waals surface area contributed by atoms with E-state index >= 15 is 0 Å². The molecule has 1 saturated heterocycles. The first kappa shape index (κ1) is 20.3. The van der Waals surface area contributed by atoms with Crippen molar-refractivity contribution in [2.24, 2.45) is 0 Å². The number of carbonyl (C=O) groups is 1. The summed E-state index contributed by atoms with van der Waals surface area (Å²) in [6.45, 7) is 0.768. The third kappa shape index (κ3) is 4.46. The molecule has 0 bridgehead atoms. The number of piperidine rings is 1. The number of rotatable bonds is 5. The van der Waals surface area contributed by atoms with Gasteiger partial charge in [0.25, 0.3) is 0 Å². The van der Waals surface area contributed by atoms with E-state index in [1.54, 1.807) is 0 Å². The summed E-state index contributed by atoms with van der Waals surface area (Å²) >= 11 is 0. The molecule has 6 nitrogen and oxygen atoms in total. The fourth-order valence-electron chi connectivity index (χ4n) is 3.72. The third-order valence-corrected chi connectivity index (χ3v) is 5.29. The zero-order valence-corrected chi connectivity index (χ0v) is 16.2. The summed E-state index contributed by atoms with van der Waals surface area (Å²) in [6.07, 6.45) is -0.421. The molecular weight excluding hydrogens is 395 g/mol. The topological polar surface area (TPSA) is 71.3 Å². The molecule has 4 rings (SSSR count). The molecule has 158 valence electrons. The van der Waals surface area contributed by atoms with Crippen LogP contribution in [0.1, 0.15) is 42.3 Å². The van der Waals surface area contributed by atoms with Crippen molar-refractivity contribution >= 4 is 11.6 Å². The van der Waals surface area contributed by atoms with Crippen LogP contribution in [0.25, 0.3) is 5.65 Å². The fraction of sp³-hybridized carbons (Fsp3) is 0.381. The van der Waals surface area contributed by atoms with E-state index in [0.717, 1.165) is 43.6 Å². The number of alkyl halides is 3. The molecule has 1 amide bonds. The highest BCUT2D eigenvalue weighted by Gasteiger charge is 2.32. The Balaban J connectivity index is 1.68. The normalized spacial score (nSPS) is 18.3. The molecule has 2 N–H and O–H groups in total. The second kappa shape index (κ2) is 8.43. The maximum atomic E-state index is 13.2. The van der Waals surface area contributed by atoms with Gasteiger partial charge >= 0.3 is 6.18 Å². The Labute approximate surface area is 171 Å². The number of carbonyl (C=O) groups excluding carboxylic acids is 1. The Kier molecular flexibility index (Phi) is 5.72. The van der Waals surface area contributed by atoms with Gasteiger partial charge in [0, 0.05) is 6.20 Å². The van der Waals surface area contributed by atoms with Crippen LogP contribution in [0.4, 0.5) is 13.2 Å². The third-order valence-electron chi connectivity index (χ3n) is 5.29. The quantitative estimate of drug-likeness (QED) is 0.668. The first-order chi connectivity index (χ1) is 14.4. The highest BCUT2D eigenvalue weighted by atomic mass is 19.4. The second-order valence-corrected chi connectivity index (χ2v) is 7.46. The molecule has 0 aliphatic carbocycles. The molecule has 1 aliphatic rings. The van der Waals surface area contributed by atoms with Gasteiger partial charge in [-0.3, -0.25) is 9.20 Å². The molecule has 9 heteroatoms. The van der Waals surface area contributed by atoms with Gasteiger partial charge < -0.3 is 10.6 Å². The lowest BCUT2D eigenvalue weighted by Gasteiger charge is -2.25. The summed E-state index contributed by atoms with van der Waals surface area (Å²) in [5, 5.41) is 14.3. The lowest BCUT2D eigenvalue weighted by molar-refractivity contribution is -0.138. The van der Waals surface area contributed by atoms with Gasteiger partial charge in [-0.15, -0.1) is 10.2 Å². The molecule has 1 unspecified atom stereocenters. The number of hydrogen-bond acceptors (Lipinski definition) is 4. The molecule has 3 heterocycles. The van der Waals surface area contributed by atoms with Crippen LogP contribution in [-0.4, -0.2) is 33.1 Å². The lowest BCUT2D eigenvalue weighted by Crippen LogP contribution is -2.48. The van der Waals surface area contributed by atoms with E-state index < -0.39 is 17.8 Å². The average molecular weight is 417 g/mol. The number of nitrogens with one attached hydrogen (secondary N) is 2. The van der Waals surface area contributed by atoms with Crippen LogP contribution in [0, 0.1) is 0 Å². The van der Waals surface area contributed by atoms with Gasteiger partial charge in [-0.2, -0.15) is 13.2 Å². The number of pyridine rings is 1. The van der Waals surface area contributed by atoms with Gasteiger partial charge in [0.05, 0.1) is 17.6 Å². The van der Waals surface area contributed by atoms with Gasteiger partial charge in [0.1, 0.15) is 0 Å². The molecule has 0 spiro atoms. The predicted molar refractivity (Wildman–Crippen MR) is 105 cm³/mol. The van der Waals surface area contributed by atoms with E-state index in [1.807, 2.05) is 30.3 Å². The molecular formula is C21H22F3N5O. The number of fused-ring (bicyclic) bond motifs is 1. The predicted octanol–water partition coefficient (Wildman–Crippen LogP) is 3.29. The summed E-state index contributed by atoms with van der Waals surface area (Å²) < 4.78 is 41.0. The molecule has 0 saturated carbocycles. The molecule has 1 aromatic carbocycles. The van der Waals surface area contributed by atoms with Crippen LogP contribution < -0.4 is 10.6 Å². The maximum Gasteiger partial charge on any atom is 0.417 e. The van der Waals surface area contributed by atoms with Crippen molar-refractivity contribution in [2.45, 2.75) is 43.9 Å². The molecule has 1 fully saturated rings. The molecule has 2 aromatic heterocycles. The van der Waals surface area contributed by atoms with Crippen LogP contribution in [0.15, 0.2) is 48.7 Å². The summed E-state index contributed by atoms with van der Waals surface area (Å²) in [7, 11) is 0. The fourth-order valence-corrected chi connectivity index (χ4v) is 3.72. The van der Waals surface area contributed by atoms with Crippen molar-refractivity contribution in [1.29, 1.82) is 0 Å². The Morgan fingerprint density at radius 2 is 1.97 bits per heavy atom. The van der Waals surface area contributed by atoms with Gasteiger partial charge in [0.2, 0.25) is 5.91 Å². The summed E-state index contributed by atoms with van der Waals surface area (Å²) in [5.74, 6) is 0.0865. The first-order valence-corrected chi connectivity index (χ1v) is 9.91. The van der Waals surface area contributed by atoms with Crippen molar-refractivity contribution < 1.29 is 18.0 Å². The van der Waals surface area contributed by atoms with E-state index in [0.29, 0.717) is 12.1 Å². The number of aromatic nitrogens is 3. The Morgan fingerprint density at radius 3 is 2.67 bits per heavy atom. The molecule has 30 heavy (non-hydrogen) atoms. The SMILES string of the molecule is O=C(N[C@H](Cc1ccccc1)c1nnc2ccc(C(F)(F)F)cn12)C1CCCCN1. The summed E-state index contributed by atoms with van der Waals surface area (Å²) in [5.41, 5.74) is 0.430. The van der Waals surface area contributed by atoms with Gasteiger partial charge in [-0.25, -0.2) is 0 Å². The van der Waals surface area contributed by atoms with Gasteiger partial charge in [0.15, 0.2) is 11.5 Å². The van der Waals surface area contributed by atoms with Crippen molar-refractivity contribution in [2.75, 3.05) is 6.54 Å². The van der Waals surface area contributed by atoms with Crippen molar-refractivity contribution in [3.8, 4) is 0 Å². The number of benzene rings is 1. The van der Waals surface area contributed by atoms with Crippen molar-refractivity contribution in [1.82, 2.24) is 25.2 Å². The highest BCUT2D eigenvalue weighted by Crippen LogP contribution is 2.30. The minimum Gasteiger partial charge on any atom is -0.344 e. The Bertz CT molecular complexity index is 1010. The van der Waals surface area contributed by atoms with Crippen LogP contribution in [0.5, 0.6) is 0 Å². The summed E-state index contributed by atoms with van der Waals surface area (Å²) in [6, 6.07) is 10.8. The lowest BCUT2D eigenvalue weighted by atomic mass is 10.0. The molecule has 0 radical (unpaired) electrons. The van der Waals surface area contributed by atoms with Crippen LogP contribution in [-0.2, 0) is 17.4 Å². The van der Waals surface area contributed by atoms with Crippen LogP contribution in [0.2, 0.25) is 0 Å². The monoisotopic (exact) mass is 417 g/mol. The number of halogens is 3. The Morgan fingerprint density at radius 1 is 1.17 bits per heavy atom. The summed E-state index contributed by atoms with van der Waals surface area (Å²) in [4.78, 5) is 12.8. The van der Waals surface area contributed by atoms with E-state index in [2.05, 4.69) is 20.8 Å². The zero-order chi connectivity index (χ0) is 21.1. The Hall–Kier alpha value is -2.94. The standard InChI is InChI=1S/C21H22F3N5O/c22-21(23,24)15-9-10-18-27-28-19(29(18)13-15)17(12-14-6-2-1-3-7-14)26-20(30)16-8-4-5-11-25-16/h1-3,6-7,9-10,13,16-17,25H,4-5,8,11-12H2,(H,26,30)/t16?,17-/m1/s1. The second-order valence-electron chi connectivity index (χ2n) is 7.46. The van der Waals surface area contributed by atoms with Crippen LogP contribution >= 0.6 is 0 Å². The number of nitrogens with zero attached hydrogens (tertiary/aromatic N) is 3. The highest BCUT2D eigenvalue weighted by molar-refractivity contribution is 5.82. The smallest absolute Gasteiger partial charge is 0.344 e. The van der Waals surface area contributed by atoms with Crippen molar-refractivity contribution in [3.05, 3.63) is 65.6 Å². The minimum atomic E-state index is -4.49. The van der Waals surface area contributed by atoms with E-state index in [1.165, 1.54) is 10.5 Å². The minimum absolute atomic E-state index is 0.181. The molecule has 2 atom stereocenters. The van der Waals surface area contributed by atoms with E-state index in [4.69, 9.17) is 0 Å². The molecule has 1 aliphatic heterocycles. The molecule has 3 aromatic rings. The van der Waals surface area contributed by atoms with E-state index in [9.17, 15) is 18.0 Å². The van der Waals surface area contributed by atoms with Gasteiger partial charge in [-0.05, 0) is 43.5 Å². The van der Waals surface area contributed by atoms with E-state index in [-0.39, 0.29) is 17.8 Å². The largest absolute Gasteiger partial charge is 0.417 e. The van der Waals surface area contributed by atoms with Crippen LogP contribution in [0.3, 0.4) is 0 Å².